The SMILES string of the molecule is Cc1cc(C)cc(N(C(=O)CNC(=O)c2cccs2)[C@H](C(=O)NC[C@H]2CCCO2)c2ccccc2)c1. The van der Waals surface area contributed by atoms with Crippen molar-refractivity contribution >= 4 is 34.7 Å². The molecule has 4 rings (SSSR count). The highest BCUT2D eigenvalue weighted by molar-refractivity contribution is 7.12. The third-order valence-corrected chi connectivity index (χ3v) is 6.92. The lowest BCUT2D eigenvalue weighted by Gasteiger charge is -2.32. The van der Waals surface area contributed by atoms with Gasteiger partial charge in [0.25, 0.3) is 5.91 Å². The second-order valence-electron chi connectivity index (χ2n) is 8.96. The highest BCUT2D eigenvalue weighted by Crippen LogP contribution is 2.30. The Kier molecular flexibility index (Phi) is 8.51. The minimum atomic E-state index is -0.917. The Morgan fingerprint density at radius 3 is 2.42 bits per heavy atom. The van der Waals surface area contributed by atoms with E-state index in [9.17, 15) is 14.4 Å². The van der Waals surface area contributed by atoms with Gasteiger partial charge in [-0.3, -0.25) is 19.3 Å². The van der Waals surface area contributed by atoms with Crippen molar-refractivity contribution in [2.45, 2.75) is 38.8 Å². The molecule has 0 bridgehead atoms. The molecule has 1 aliphatic rings. The molecule has 7 nitrogen and oxygen atoms in total. The predicted molar refractivity (Wildman–Crippen MR) is 141 cm³/mol. The van der Waals surface area contributed by atoms with Gasteiger partial charge in [-0.1, -0.05) is 42.5 Å². The van der Waals surface area contributed by atoms with Crippen LogP contribution in [0, 0.1) is 13.8 Å². The lowest BCUT2D eigenvalue weighted by molar-refractivity contribution is -0.126. The molecule has 8 heteroatoms. The summed E-state index contributed by atoms with van der Waals surface area (Å²) in [5.74, 6) is -1.00. The van der Waals surface area contributed by atoms with Gasteiger partial charge in [0.05, 0.1) is 17.5 Å². The van der Waals surface area contributed by atoms with Crippen LogP contribution in [0.15, 0.2) is 66.0 Å². The number of hydrogen-bond donors (Lipinski definition) is 2. The molecule has 2 N–H and O–H groups in total. The molecule has 0 aliphatic carbocycles. The molecular weight excluding hydrogens is 474 g/mol. The number of carbonyl (C=O) groups excluding carboxylic acids is 3. The van der Waals surface area contributed by atoms with Crippen molar-refractivity contribution in [2.24, 2.45) is 0 Å². The third-order valence-electron chi connectivity index (χ3n) is 6.05. The van der Waals surface area contributed by atoms with E-state index in [1.165, 1.54) is 16.2 Å². The molecule has 36 heavy (non-hydrogen) atoms. The highest BCUT2D eigenvalue weighted by atomic mass is 32.1. The van der Waals surface area contributed by atoms with Crippen molar-refractivity contribution < 1.29 is 19.1 Å². The molecular formula is C28H31N3O4S. The molecule has 2 aromatic carbocycles. The Morgan fingerprint density at radius 1 is 1.03 bits per heavy atom. The van der Waals surface area contributed by atoms with Crippen LogP contribution in [0.5, 0.6) is 0 Å². The Labute approximate surface area is 215 Å². The van der Waals surface area contributed by atoms with Crippen LogP contribution in [-0.4, -0.2) is 43.5 Å². The molecule has 0 unspecified atom stereocenters. The zero-order valence-corrected chi connectivity index (χ0v) is 21.3. The van der Waals surface area contributed by atoms with E-state index in [4.69, 9.17) is 4.74 Å². The maximum absolute atomic E-state index is 13.7. The first-order valence-corrected chi connectivity index (χ1v) is 13.0. The van der Waals surface area contributed by atoms with Gasteiger partial charge in [0.15, 0.2) is 0 Å². The fourth-order valence-electron chi connectivity index (χ4n) is 4.43. The molecule has 0 spiro atoms. The first-order valence-electron chi connectivity index (χ1n) is 12.1. The number of anilines is 1. The van der Waals surface area contributed by atoms with Crippen molar-refractivity contribution in [1.29, 1.82) is 0 Å². The fraction of sp³-hybridized carbons (Fsp3) is 0.321. The number of thiophene rings is 1. The van der Waals surface area contributed by atoms with Gasteiger partial charge >= 0.3 is 0 Å². The van der Waals surface area contributed by atoms with Gasteiger partial charge in [0, 0.05) is 18.8 Å². The number of rotatable bonds is 9. The quantitative estimate of drug-likeness (QED) is 0.457. The van der Waals surface area contributed by atoms with E-state index >= 15 is 0 Å². The van der Waals surface area contributed by atoms with Crippen LogP contribution >= 0.6 is 11.3 Å². The van der Waals surface area contributed by atoms with Gasteiger partial charge in [0.1, 0.15) is 6.04 Å². The van der Waals surface area contributed by atoms with E-state index in [2.05, 4.69) is 10.6 Å². The molecule has 0 radical (unpaired) electrons. The molecule has 2 atom stereocenters. The van der Waals surface area contributed by atoms with Gasteiger partial charge in [0.2, 0.25) is 11.8 Å². The van der Waals surface area contributed by atoms with E-state index in [0.29, 0.717) is 29.3 Å². The van der Waals surface area contributed by atoms with E-state index in [1.54, 1.807) is 12.1 Å². The summed E-state index contributed by atoms with van der Waals surface area (Å²) < 4.78 is 5.67. The third kappa shape index (κ3) is 6.38. The van der Waals surface area contributed by atoms with Crippen LogP contribution < -0.4 is 15.5 Å². The fourth-order valence-corrected chi connectivity index (χ4v) is 5.07. The van der Waals surface area contributed by atoms with Gasteiger partial charge in [-0.15, -0.1) is 11.3 Å². The van der Waals surface area contributed by atoms with Crippen LogP contribution in [0.4, 0.5) is 5.69 Å². The summed E-state index contributed by atoms with van der Waals surface area (Å²) >= 11 is 1.31. The molecule has 1 saturated heterocycles. The number of ether oxygens (including phenoxy) is 1. The average molecular weight is 506 g/mol. The predicted octanol–water partition coefficient (Wildman–Crippen LogP) is 4.16. The number of aryl methyl sites for hydroxylation is 2. The van der Waals surface area contributed by atoms with Crippen LogP contribution in [0.25, 0.3) is 0 Å². The summed E-state index contributed by atoms with van der Waals surface area (Å²) in [5, 5.41) is 7.52. The number of hydrogen-bond acceptors (Lipinski definition) is 5. The summed E-state index contributed by atoms with van der Waals surface area (Å²) in [7, 11) is 0. The zero-order valence-electron chi connectivity index (χ0n) is 20.5. The first-order chi connectivity index (χ1) is 17.4. The number of benzene rings is 2. The van der Waals surface area contributed by atoms with E-state index in [-0.39, 0.29) is 30.4 Å². The van der Waals surface area contributed by atoms with Crippen LogP contribution in [0.1, 0.15) is 45.2 Å². The second-order valence-corrected chi connectivity index (χ2v) is 9.91. The van der Waals surface area contributed by atoms with Crippen LogP contribution in [0.3, 0.4) is 0 Å². The average Bonchev–Trinajstić information content (AvgIpc) is 3.59. The first kappa shape index (κ1) is 25.6. The van der Waals surface area contributed by atoms with Gasteiger partial charge < -0.3 is 15.4 Å². The minimum absolute atomic E-state index is 0.0270. The topological polar surface area (TPSA) is 87.7 Å². The van der Waals surface area contributed by atoms with Crippen molar-refractivity contribution in [3.63, 3.8) is 0 Å². The molecule has 1 aliphatic heterocycles. The maximum atomic E-state index is 13.7. The van der Waals surface area contributed by atoms with Gasteiger partial charge in [-0.05, 0) is 67.0 Å². The number of nitrogens with one attached hydrogen (secondary N) is 2. The smallest absolute Gasteiger partial charge is 0.261 e. The Bertz CT molecular complexity index is 1170. The molecule has 188 valence electrons. The molecule has 0 saturated carbocycles. The lowest BCUT2D eigenvalue weighted by atomic mass is 10.0. The van der Waals surface area contributed by atoms with Crippen molar-refractivity contribution in [2.75, 3.05) is 24.6 Å². The zero-order chi connectivity index (χ0) is 25.5. The standard InChI is InChI=1S/C28H31N3O4S/c1-19-14-20(2)16-22(15-19)31(25(32)18-30-27(33)24-11-7-13-36-24)26(21-8-4-3-5-9-21)28(34)29-17-23-10-6-12-35-23/h3-5,7-9,11,13-16,23,26H,6,10,12,17-18H2,1-2H3,(H,29,34)(H,30,33)/t23-,26+/m1/s1. The summed E-state index contributed by atoms with van der Waals surface area (Å²) in [6.45, 7) is 4.73. The Hall–Kier alpha value is -3.49. The maximum Gasteiger partial charge on any atom is 0.261 e. The number of amides is 3. The van der Waals surface area contributed by atoms with Crippen molar-refractivity contribution in [3.05, 3.63) is 87.6 Å². The molecule has 3 aromatic rings. The largest absolute Gasteiger partial charge is 0.376 e. The van der Waals surface area contributed by atoms with Crippen molar-refractivity contribution in [3.8, 4) is 0 Å². The normalized spacial score (nSPS) is 15.8. The number of carbonyl (C=O) groups is 3. The van der Waals surface area contributed by atoms with Crippen LogP contribution in [0.2, 0.25) is 0 Å². The van der Waals surface area contributed by atoms with E-state index < -0.39 is 6.04 Å². The van der Waals surface area contributed by atoms with Gasteiger partial charge in [-0.2, -0.15) is 0 Å². The monoisotopic (exact) mass is 505 g/mol. The Morgan fingerprint density at radius 2 is 1.78 bits per heavy atom. The van der Waals surface area contributed by atoms with Gasteiger partial charge in [-0.25, -0.2) is 0 Å². The molecule has 1 fully saturated rings. The minimum Gasteiger partial charge on any atom is -0.376 e. The summed E-state index contributed by atoms with van der Waals surface area (Å²) in [6, 6.07) is 17.6. The highest BCUT2D eigenvalue weighted by Gasteiger charge is 2.33. The summed E-state index contributed by atoms with van der Waals surface area (Å²) in [6.07, 6.45) is 1.84. The number of nitrogens with zero attached hydrogens (tertiary/aromatic N) is 1. The summed E-state index contributed by atoms with van der Waals surface area (Å²) in [5.41, 5.74) is 3.22. The Balaban J connectivity index is 1.66. The van der Waals surface area contributed by atoms with E-state index in [0.717, 1.165) is 24.0 Å². The molecule has 2 heterocycles. The second kappa shape index (κ2) is 12.0. The molecule has 3 amide bonds. The van der Waals surface area contributed by atoms with E-state index in [1.807, 2.05) is 67.8 Å². The lowest BCUT2D eigenvalue weighted by Crippen LogP contribution is -2.48. The molecule has 1 aromatic heterocycles. The van der Waals surface area contributed by atoms with Crippen LogP contribution in [-0.2, 0) is 14.3 Å². The van der Waals surface area contributed by atoms with Crippen molar-refractivity contribution in [1.82, 2.24) is 10.6 Å². The summed E-state index contributed by atoms with van der Waals surface area (Å²) in [4.78, 5) is 42.0.